The third-order valence-electron chi connectivity index (χ3n) is 3.42. The van der Waals surface area contributed by atoms with Crippen molar-refractivity contribution in [3.63, 3.8) is 0 Å². The van der Waals surface area contributed by atoms with Crippen LogP contribution in [0.25, 0.3) is 5.57 Å². The molecule has 0 aliphatic heterocycles. The molecule has 0 unspecified atom stereocenters. The second-order valence-corrected chi connectivity index (χ2v) is 6.99. The number of benzene rings is 2. The monoisotopic (exact) mass is 329 g/mol. The van der Waals surface area contributed by atoms with Gasteiger partial charge < -0.3 is 0 Å². The highest BCUT2D eigenvalue weighted by Crippen LogP contribution is 2.17. The summed E-state index contributed by atoms with van der Waals surface area (Å²) in [5, 5.41) is 0. The molecule has 2 aromatic rings. The Bertz CT molecular complexity index is 794. The Morgan fingerprint density at radius 2 is 1.61 bits per heavy atom. The standard InChI is InChI=1S/C18H19NO3S/c1-14-8-11-17(12-9-14)23(21,22)19-18(20)13-10-15(2)16-6-4-3-5-7-16/h3-9,11-12H,2,10,13H2,1H3,(H,19,20). The third-order valence-corrected chi connectivity index (χ3v) is 4.80. The summed E-state index contributed by atoms with van der Waals surface area (Å²) in [5.41, 5.74) is 2.70. The number of allylic oxidation sites excluding steroid dienone is 1. The molecule has 0 aromatic heterocycles. The number of hydrogen-bond donors (Lipinski definition) is 1. The van der Waals surface area contributed by atoms with E-state index >= 15 is 0 Å². The molecule has 120 valence electrons. The quantitative estimate of drug-likeness (QED) is 0.884. The first-order chi connectivity index (χ1) is 10.9. The maximum Gasteiger partial charge on any atom is 0.264 e. The molecule has 0 aliphatic carbocycles. The molecule has 2 aromatic carbocycles. The fourth-order valence-corrected chi connectivity index (χ4v) is 3.07. The van der Waals surface area contributed by atoms with E-state index < -0.39 is 15.9 Å². The van der Waals surface area contributed by atoms with Gasteiger partial charge in [0.1, 0.15) is 0 Å². The highest BCUT2D eigenvalue weighted by atomic mass is 32.2. The van der Waals surface area contributed by atoms with Gasteiger partial charge in [-0.2, -0.15) is 0 Å². The van der Waals surface area contributed by atoms with Crippen molar-refractivity contribution in [2.45, 2.75) is 24.7 Å². The predicted molar refractivity (Wildman–Crippen MR) is 91.2 cm³/mol. The highest BCUT2D eigenvalue weighted by Gasteiger charge is 2.17. The van der Waals surface area contributed by atoms with E-state index in [0.717, 1.165) is 16.7 Å². The molecule has 1 N–H and O–H groups in total. The van der Waals surface area contributed by atoms with Crippen LogP contribution in [0.2, 0.25) is 0 Å². The van der Waals surface area contributed by atoms with Gasteiger partial charge in [0.25, 0.3) is 10.0 Å². The van der Waals surface area contributed by atoms with Gasteiger partial charge in [-0.3, -0.25) is 4.79 Å². The van der Waals surface area contributed by atoms with Crippen LogP contribution >= 0.6 is 0 Å². The molecule has 1 amide bonds. The number of amides is 1. The van der Waals surface area contributed by atoms with Gasteiger partial charge in [-0.25, -0.2) is 13.1 Å². The fraction of sp³-hybridized carbons (Fsp3) is 0.167. The number of aryl methyl sites for hydroxylation is 1. The summed E-state index contributed by atoms with van der Waals surface area (Å²) < 4.78 is 26.3. The molecule has 23 heavy (non-hydrogen) atoms. The van der Waals surface area contributed by atoms with Gasteiger partial charge in [-0.15, -0.1) is 0 Å². The van der Waals surface area contributed by atoms with Crippen LogP contribution in [0.15, 0.2) is 66.1 Å². The van der Waals surface area contributed by atoms with E-state index in [4.69, 9.17) is 0 Å². The first-order valence-corrected chi connectivity index (χ1v) is 8.72. The van der Waals surface area contributed by atoms with Gasteiger partial charge in [0, 0.05) is 6.42 Å². The minimum absolute atomic E-state index is 0.0683. The number of nitrogens with one attached hydrogen (secondary N) is 1. The van der Waals surface area contributed by atoms with Crippen molar-refractivity contribution in [1.82, 2.24) is 4.72 Å². The lowest BCUT2D eigenvalue weighted by Crippen LogP contribution is -2.30. The molecule has 0 aliphatic rings. The van der Waals surface area contributed by atoms with Crippen LogP contribution in [-0.4, -0.2) is 14.3 Å². The molecule has 4 nitrogen and oxygen atoms in total. The van der Waals surface area contributed by atoms with E-state index in [1.165, 1.54) is 12.1 Å². The van der Waals surface area contributed by atoms with E-state index in [-0.39, 0.29) is 11.3 Å². The van der Waals surface area contributed by atoms with Crippen LogP contribution in [0.1, 0.15) is 24.0 Å². The Morgan fingerprint density at radius 3 is 2.22 bits per heavy atom. The number of sulfonamides is 1. The van der Waals surface area contributed by atoms with Gasteiger partial charge in [-0.1, -0.05) is 54.6 Å². The third kappa shape index (κ3) is 4.79. The van der Waals surface area contributed by atoms with Crippen molar-refractivity contribution in [3.8, 4) is 0 Å². The summed E-state index contributed by atoms with van der Waals surface area (Å²) >= 11 is 0. The minimum Gasteiger partial charge on any atom is -0.274 e. The van der Waals surface area contributed by atoms with Crippen molar-refractivity contribution in [2.24, 2.45) is 0 Å². The zero-order valence-corrected chi connectivity index (χ0v) is 13.8. The van der Waals surface area contributed by atoms with E-state index in [9.17, 15) is 13.2 Å². The fourth-order valence-electron chi connectivity index (χ4n) is 2.06. The number of hydrogen-bond acceptors (Lipinski definition) is 3. The highest BCUT2D eigenvalue weighted by molar-refractivity contribution is 7.90. The van der Waals surface area contributed by atoms with Crippen LogP contribution in [0.3, 0.4) is 0 Å². The van der Waals surface area contributed by atoms with Crippen LogP contribution in [0.4, 0.5) is 0 Å². The Hall–Kier alpha value is -2.40. The first kappa shape index (κ1) is 17.0. The Kier molecular flexibility index (Phi) is 5.34. The molecule has 0 saturated carbocycles. The number of rotatable bonds is 6. The topological polar surface area (TPSA) is 63.2 Å². The van der Waals surface area contributed by atoms with Crippen LogP contribution in [0.5, 0.6) is 0 Å². The molecule has 0 saturated heterocycles. The lowest BCUT2D eigenvalue weighted by Gasteiger charge is -2.08. The molecule has 0 heterocycles. The number of carbonyl (C=O) groups is 1. The summed E-state index contributed by atoms with van der Waals surface area (Å²) in [6.45, 7) is 5.80. The molecule has 0 spiro atoms. The van der Waals surface area contributed by atoms with Gasteiger partial charge in [0.05, 0.1) is 4.90 Å². The lowest BCUT2D eigenvalue weighted by atomic mass is 10.0. The predicted octanol–water partition coefficient (Wildman–Crippen LogP) is 3.29. The second kappa shape index (κ2) is 7.24. The smallest absolute Gasteiger partial charge is 0.264 e. The van der Waals surface area contributed by atoms with Crippen molar-refractivity contribution < 1.29 is 13.2 Å². The zero-order valence-electron chi connectivity index (χ0n) is 13.0. The van der Waals surface area contributed by atoms with E-state index in [0.29, 0.717) is 6.42 Å². The molecule has 2 rings (SSSR count). The average molecular weight is 329 g/mol. The molecule has 0 radical (unpaired) electrons. The molecule has 5 heteroatoms. The zero-order chi connectivity index (χ0) is 16.9. The minimum atomic E-state index is -3.82. The largest absolute Gasteiger partial charge is 0.274 e. The Labute approximate surface area is 136 Å². The van der Waals surface area contributed by atoms with Gasteiger partial charge in [-0.05, 0) is 36.6 Å². The second-order valence-electron chi connectivity index (χ2n) is 5.31. The van der Waals surface area contributed by atoms with Crippen molar-refractivity contribution in [1.29, 1.82) is 0 Å². The molecule has 0 atom stereocenters. The van der Waals surface area contributed by atoms with E-state index in [2.05, 4.69) is 11.3 Å². The van der Waals surface area contributed by atoms with Crippen LogP contribution in [-0.2, 0) is 14.8 Å². The SMILES string of the molecule is C=C(CCC(=O)NS(=O)(=O)c1ccc(C)cc1)c1ccccc1. The van der Waals surface area contributed by atoms with Crippen LogP contribution < -0.4 is 4.72 Å². The van der Waals surface area contributed by atoms with Crippen molar-refractivity contribution in [3.05, 3.63) is 72.3 Å². The Morgan fingerprint density at radius 1 is 1.00 bits per heavy atom. The Balaban J connectivity index is 1.94. The normalized spacial score (nSPS) is 11.0. The molecule has 0 fully saturated rings. The first-order valence-electron chi connectivity index (χ1n) is 7.24. The van der Waals surface area contributed by atoms with Gasteiger partial charge in [0.15, 0.2) is 0 Å². The molecular weight excluding hydrogens is 310 g/mol. The number of carbonyl (C=O) groups excluding carboxylic acids is 1. The summed E-state index contributed by atoms with van der Waals surface area (Å²) in [4.78, 5) is 12.0. The summed E-state index contributed by atoms with van der Waals surface area (Å²) in [6, 6.07) is 15.8. The van der Waals surface area contributed by atoms with Crippen molar-refractivity contribution in [2.75, 3.05) is 0 Å². The average Bonchev–Trinajstić information content (AvgIpc) is 2.53. The van der Waals surface area contributed by atoms with Gasteiger partial charge in [0.2, 0.25) is 5.91 Å². The van der Waals surface area contributed by atoms with Crippen molar-refractivity contribution >= 4 is 21.5 Å². The summed E-state index contributed by atoms with van der Waals surface area (Å²) in [6.07, 6.45) is 0.470. The summed E-state index contributed by atoms with van der Waals surface area (Å²) in [5.74, 6) is -0.539. The maximum absolute atomic E-state index is 12.1. The van der Waals surface area contributed by atoms with E-state index in [1.54, 1.807) is 12.1 Å². The summed E-state index contributed by atoms with van der Waals surface area (Å²) in [7, 11) is -3.82. The maximum atomic E-state index is 12.1. The molecule has 0 bridgehead atoms. The molecular formula is C18H19NO3S. The van der Waals surface area contributed by atoms with Crippen LogP contribution in [0, 0.1) is 6.92 Å². The lowest BCUT2D eigenvalue weighted by molar-refractivity contribution is -0.119. The van der Waals surface area contributed by atoms with Gasteiger partial charge >= 0.3 is 0 Å². The van der Waals surface area contributed by atoms with E-state index in [1.807, 2.05) is 37.3 Å².